The van der Waals surface area contributed by atoms with Crippen molar-refractivity contribution in [2.24, 2.45) is 0 Å². The number of benzene rings is 1. The first-order valence-corrected chi connectivity index (χ1v) is 8.65. The molecule has 1 amide bonds. The molecule has 25 heavy (non-hydrogen) atoms. The molecule has 1 fully saturated rings. The SMILES string of the molecule is COc1cccc2c1OC(C)C(C=C1SC(=S)N(CC(=O)O)C1=O)=C2. The van der Waals surface area contributed by atoms with Gasteiger partial charge in [0, 0.05) is 5.56 Å². The highest BCUT2D eigenvalue weighted by molar-refractivity contribution is 8.26. The fourth-order valence-corrected chi connectivity index (χ4v) is 3.81. The molecule has 8 heteroatoms. The molecule has 130 valence electrons. The maximum Gasteiger partial charge on any atom is 0.323 e. The molecule has 0 spiro atoms. The van der Waals surface area contributed by atoms with Crippen LogP contribution in [-0.4, -0.2) is 46.0 Å². The Morgan fingerprint density at radius 2 is 2.28 bits per heavy atom. The Morgan fingerprint density at radius 3 is 2.96 bits per heavy atom. The number of carboxylic acids is 1. The molecule has 6 nitrogen and oxygen atoms in total. The van der Waals surface area contributed by atoms with Crippen LogP contribution in [0.3, 0.4) is 0 Å². The van der Waals surface area contributed by atoms with Gasteiger partial charge in [0.2, 0.25) is 0 Å². The minimum Gasteiger partial charge on any atom is -0.493 e. The zero-order valence-corrected chi connectivity index (χ0v) is 15.1. The van der Waals surface area contributed by atoms with Crippen molar-refractivity contribution in [2.75, 3.05) is 13.7 Å². The molecule has 0 aromatic heterocycles. The summed E-state index contributed by atoms with van der Waals surface area (Å²) in [5.41, 5.74) is 1.65. The minimum atomic E-state index is -1.10. The average molecular weight is 377 g/mol. The lowest BCUT2D eigenvalue weighted by Crippen LogP contribution is -2.33. The number of aliphatic carboxylic acids is 1. The molecule has 0 aliphatic carbocycles. The normalized spacial score (nSPS) is 21.0. The Kier molecular flexibility index (Phi) is 4.82. The summed E-state index contributed by atoms with van der Waals surface area (Å²) < 4.78 is 11.5. The van der Waals surface area contributed by atoms with Crippen LogP contribution < -0.4 is 9.47 Å². The average Bonchev–Trinajstić information content (AvgIpc) is 2.82. The molecular weight excluding hydrogens is 362 g/mol. The van der Waals surface area contributed by atoms with Crippen LogP contribution in [0.5, 0.6) is 11.5 Å². The van der Waals surface area contributed by atoms with Crippen LogP contribution in [0, 0.1) is 0 Å². The molecule has 3 rings (SSSR count). The zero-order valence-electron chi connectivity index (χ0n) is 13.5. The zero-order chi connectivity index (χ0) is 18.1. The van der Waals surface area contributed by atoms with Crippen molar-refractivity contribution < 1.29 is 24.2 Å². The molecule has 0 radical (unpaired) electrons. The van der Waals surface area contributed by atoms with Gasteiger partial charge in [0.05, 0.1) is 12.0 Å². The molecule has 1 saturated heterocycles. The number of carbonyl (C=O) groups is 2. The Morgan fingerprint density at radius 1 is 1.52 bits per heavy atom. The summed E-state index contributed by atoms with van der Waals surface area (Å²) in [6.07, 6.45) is 3.34. The molecule has 1 aromatic rings. The van der Waals surface area contributed by atoms with Crippen LogP contribution in [0.25, 0.3) is 6.08 Å². The van der Waals surface area contributed by atoms with Gasteiger partial charge in [0.15, 0.2) is 11.5 Å². The van der Waals surface area contributed by atoms with Gasteiger partial charge < -0.3 is 14.6 Å². The van der Waals surface area contributed by atoms with Gasteiger partial charge in [-0.25, -0.2) is 0 Å². The second kappa shape index (κ2) is 6.89. The molecule has 1 unspecified atom stereocenters. The molecule has 0 saturated carbocycles. The summed E-state index contributed by atoms with van der Waals surface area (Å²) in [6.45, 7) is 1.43. The first kappa shape index (κ1) is 17.5. The molecule has 0 bridgehead atoms. The number of rotatable bonds is 4. The Labute approximate surface area is 154 Å². The van der Waals surface area contributed by atoms with E-state index in [4.69, 9.17) is 26.8 Å². The van der Waals surface area contributed by atoms with Crippen LogP contribution in [0.15, 0.2) is 34.8 Å². The van der Waals surface area contributed by atoms with Crippen molar-refractivity contribution in [3.63, 3.8) is 0 Å². The van der Waals surface area contributed by atoms with Gasteiger partial charge in [-0.15, -0.1) is 0 Å². The fourth-order valence-electron chi connectivity index (χ4n) is 2.56. The van der Waals surface area contributed by atoms with Crippen molar-refractivity contribution in [1.82, 2.24) is 4.90 Å². The fraction of sp³-hybridized carbons (Fsp3) is 0.235. The van der Waals surface area contributed by atoms with Gasteiger partial charge in [0.25, 0.3) is 5.91 Å². The summed E-state index contributed by atoms with van der Waals surface area (Å²) in [5.74, 6) is -0.199. The number of ether oxygens (including phenoxy) is 2. The van der Waals surface area contributed by atoms with E-state index in [1.54, 1.807) is 13.2 Å². The first-order chi connectivity index (χ1) is 11.9. The van der Waals surface area contributed by atoms with Gasteiger partial charge in [0.1, 0.15) is 17.0 Å². The van der Waals surface area contributed by atoms with E-state index >= 15 is 0 Å². The summed E-state index contributed by atoms with van der Waals surface area (Å²) in [5, 5.41) is 8.89. The maximum atomic E-state index is 12.4. The quantitative estimate of drug-likeness (QED) is 0.639. The smallest absolute Gasteiger partial charge is 0.323 e. The topological polar surface area (TPSA) is 76.1 Å². The van der Waals surface area contributed by atoms with Crippen LogP contribution in [-0.2, 0) is 9.59 Å². The van der Waals surface area contributed by atoms with Crippen molar-refractivity contribution >= 4 is 46.3 Å². The van der Waals surface area contributed by atoms with Gasteiger partial charge >= 0.3 is 5.97 Å². The van der Waals surface area contributed by atoms with Crippen molar-refractivity contribution in [2.45, 2.75) is 13.0 Å². The summed E-state index contributed by atoms with van der Waals surface area (Å²) >= 11 is 6.20. The number of methoxy groups -OCH3 is 1. The number of carbonyl (C=O) groups excluding carboxylic acids is 1. The van der Waals surface area contributed by atoms with E-state index in [2.05, 4.69) is 0 Å². The minimum absolute atomic E-state index is 0.241. The van der Waals surface area contributed by atoms with Crippen molar-refractivity contribution in [3.8, 4) is 11.5 Å². The third-order valence-corrected chi connectivity index (χ3v) is 5.16. The second-order valence-electron chi connectivity index (χ2n) is 5.44. The third kappa shape index (κ3) is 3.40. The summed E-state index contributed by atoms with van der Waals surface area (Å²) in [6, 6.07) is 5.58. The van der Waals surface area contributed by atoms with Crippen molar-refractivity contribution in [3.05, 3.63) is 40.3 Å². The van der Waals surface area contributed by atoms with Gasteiger partial charge in [-0.3, -0.25) is 14.5 Å². The molecule has 2 aliphatic heterocycles. The van der Waals surface area contributed by atoms with E-state index < -0.39 is 18.4 Å². The van der Waals surface area contributed by atoms with E-state index in [0.717, 1.165) is 27.8 Å². The number of para-hydroxylation sites is 1. The van der Waals surface area contributed by atoms with Crippen LogP contribution in [0.2, 0.25) is 0 Å². The van der Waals surface area contributed by atoms with E-state index in [9.17, 15) is 9.59 Å². The third-order valence-electron chi connectivity index (χ3n) is 3.78. The number of nitrogens with zero attached hydrogens (tertiary/aromatic N) is 1. The maximum absolute atomic E-state index is 12.4. The number of amides is 1. The standard InChI is InChI=1S/C17H15NO5S2/c1-9-11(6-10-4-3-5-12(22-2)15(10)23-9)7-13-16(21)18(8-14(19)20)17(24)25-13/h3-7,9H,8H2,1-2H3,(H,19,20). The first-order valence-electron chi connectivity index (χ1n) is 7.43. The highest BCUT2D eigenvalue weighted by Crippen LogP contribution is 2.39. The van der Waals surface area contributed by atoms with Gasteiger partial charge in [-0.1, -0.05) is 36.1 Å². The van der Waals surface area contributed by atoms with E-state index in [1.165, 1.54) is 0 Å². The number of thiocarbonyl (C=S) groups is 1. The predicted molar refractivity (Wildman–Crippen MR) is 98.7 cm³/mol. The molecule has 2 heterocycles. The van der Waals surface area contributed by atoms with Crippen molar-refractivity contribution in [1.29, 1.82) is 0 Å². The van der Waals surface area contributed by atoms with Crippen LogP contribution in [0.4, 0.5) is 0 Å². The highest BCUT2D eigenvalue weighted by Gasteiger charge is 2.34. The number of hydrogen-bond acceptors (Lipinski definition) is 6. The number of hydrogen-bond donors (Lipinski definition) is 1. The largest absolute Gasteiger partial charge is 0.493 e. The molecule has 1 atom stereocenters. The summed E-state index contributed by atoms with van der Waals surface area (Å²) in [4.78, 5) is 24.7. The van der Waals surface area contributed by atoms with Gasteiger partial charge in [-0.2, -0.15) is 0 Å². The van der Waals surface area contributed by atoms with Gasteiger partial charge in [-0.05, 0) is 30.7 Å². The second-order valence-corrected chi connectivity index (χ2v) is 7.12. The molecule has 1 aromatic carbocycles. The van der Waals surface area contributed by atoms with E-state index in [1.807, 2.05) is 31.2 Å². The monoisotopic (exact) mass is 377 g/mol. The molecular formula is C17H15NO5S2. The van der Waals surface area contributed by atoms with E-state index in [-0.39, 0.29) is 10.4 Å². The Bertz CT molecular complexity index is 830. The lowest BCUT2D eigenvalue weighted by atomic mass is 10.0. The van der Waals surface area contributed by atoms with Crippen LogP contribution >= 0.6 is 24.0 Å². The Hall–Kier alpha value is -2.32. The molecule has 2 aliphatic rings. The van der Waals surface area contributed by atoms with Crippen LogP contribution in [0.1, 0.15) is 12.5 Å². The number of fused-ring (bicyclic) bond motifs is 1. The lowest BCUT2D eigenvalue weighted by Gasteiger charge is -2.24. The summed E-state index contributed by atoms with van der Waals surface area (Å²) in [7, 11) is 1.58. The number of thioether (sulfide) groups is 1. The number of carboxylic acid groups (broad SMARTS) is 1. The highest BCUT2D eigenvalue weighted by atomic mass is 32.2. The lowest BCUT2D eigenvalue weighted by molar-refractivity contribution is -0.140. The predicted octanol–water partition coefficient (Wildman–Crippen LogP) is 2.69. The molecule has 1 N–H and O–H groups in total. The Balaban J connectivity index is 1.93. The van der Waals surface area contributed by atoms with E-state index in [0.29, 0.717) is 16.4 Å².